The minimum Gasteiger partial charge on any atom is -0.493 e. The van der Waals surface area contributed by atoms with E-state index >= 15 is 0 Å². The highest BCUT2D eigenvalue weighted by atomic mass is 32.1. The van der Waals surface area contributed by atoms with Gasteiger partial charge in [0.2, 0.25) is 0 Å². The van der Waals surface area contributed by atoms with Gasteiger partial charge in [-0.15, -0.1) is 11.3 Å². The van der Waals surface area contributed by atoms with Crippen LogP contribution in [0, 0.1) is 6.92 Å². The van der Waals surface area contributed by atoms with Crippen LogP contribution >= 0.6 is 11.3 Å². The Labute approximate surface area is 128 Å². The Morgan fingerprint density at radius 1 is 1.33 bits per heavy atom. The van der Waals surface area contributed by atoms with Gasteiger partial charge in [0.05, 0.1) is 18.5 Å². The zero-order valence-electron chi connectivity index (χ0n) is 12.3. The number of ether oxygens (including phenoxy) is 1. The van der Waals surface area contributed by atoms with Crippen LogP contribution in [0.2, 0.25) is 0 Å². The molecule has 1 aromatic carbocycles. The normalized spacial score (nSPS) is 11.2. The zero-order chi connectivity index (χ0) is 14.8. The van der Waals surface area contributed by atoms with E-state index in [4.69, 9.17) is 10.5 Å². The Morgan fingerprint density at radius 3 is 2.90 bits per heavy atom. The minimum absolute atomic E-state index is 0.620. The Morgan fingerprint density at radius 2 is 2.14 bits per heavy atom. The van der Waals surface area contributed by atoms with Crippen molar-refractivity contribution < 1.29 is 4.74 Å². The summed E-state index contributed by atoms with van der Waals surface area (Å²) in [6, 6.07) is 8.16. The molecule has 0 radical (unpaired) electrons. The lowest BCUT2D eigenvalue weighted by Crippen LogP contribution is -2.05. The molecule has 0 aliphatic heterocycles. The van der Waals surface area contributed by atoms with Gasteiger partial charge >= 0.3 is 0 Å². The number of nitrogens with two attached hydrogens (primary N) is 1. The number of nitrogens with zero attached hydrogens (tertiary/aromatic N) is 2. The monoisotopic (exact) mass is 301 g/mol. The van der Waals surface area contributed by atoms with E-state index < -0.39 is 0 Å². The quantitative estimate of drug-likeness (QED) is 0.787. The lowest BCUT2D eigenvalue weighted by atomic mass is 10.1. The third-order valence-corrected chi connectivity index (χ3v) is 4.42. The third kappa shape index (κ3) is 2.43. The van der Waals surface area contributed by atoms with Crippen molar-refractivity contribution >= 4 is 16.3 Å². The molecule has 0 amide bonds. The predicted molar refractivity (Wildman–Crippen MR) is 87.2 cm³/mol. The van der Waals surface area contributed by atoms with Gasteiger partial charge in [-0.25, -0.2) is 4.98 Å². The third-order valence-electron chi connectivity index (χ3n) is 3.45. The topological polar surface area (TPSA) is 52.5 Å². The molecule has 21 heavy (non-hydrogen) atoms. The van der Waals surface area contributed by atoms with E-state index in [9.17, 15) is 0 Å². The number of aromatic nitrogens is 2. The van der Waals surface area contributed by atoms with E-state index in [1.54, 1.807) is 11.3 Å². The van der Waals surface area contributed by atoms with E-state index in [0.717, 1.165) is 28.4 Å². The molecule has 0 bridgehead atoms. The summed E-state index contributed by atoms with van der Waals surface area (Å²) in [5.74, 6) is 0.912. The highest BCUT2D eigenvalue weighted by molar-refractivity contribution is 7.17. The zero-order valence-corrected chi connectivity index (χ0v) is 13.1. The molecule has 110 valence electrons. The van der Waals surface area contributed by atoms with Crippen LogP contribution in [-0.2, 0) is 6.42 Å². The van der Waals surface area contributed by atoms with Gasteiger partial charge < -0.3 is 10.5 Å². The van der Waals surface area contributed by atoms with Crippen LogP contribution in [0.15, 0.2) is 30.5 Å². The fourth-order valence-corrected chi connectivity index (χ4v) is 3.58. The van der Waals surface area contributed by atoms with Crippen molar-refractivity contribution in [2.75, 3.05) is 13.2 Å². The standard InChI is InChI=1S/C16H19N3OS/c1-3-20-14-7-5-4-6-13(14)15-11(2)21-16-18-10-12(8-9-17)19(15)16/h4-7,10H,3,8-9,17H2,1-2H3. The van der Waals surface area contributed by atoms with Crippen molar-refractivity contribution in [2.45, 2.75) is 20.3 Å². The highest BCUT2D eigenvalue weighted by Crippen LogP contribution is 2.37. The van der Waals surface area contributed by atoms with Gasteiger partial charge in [-0.3, -0.25) is 4.40 Å². The maximum Gasteiger partial charge on any atom is 0.194 e. The molecule has 0 fully saturated rings. The first-order valence-electron chi connectivity index (χ1n) is 7.14. The van der Waals surface area contributed by atoms with Crippen LogP contribution in [0.25, 0.3) is 16.2 Å². The molecule has 3 rings (SSSR count). The molecular formula is C16H19N3OS. The summed E-state index contributed by atoms with van der Waals surface area (Å²) in [6.07, 6.45) is 2.74. The van der Waals surface area contributed by atoms with E-state index in [1.807, 2.05) is 31.3 Å². The number of rotatable bonds is 5. The van der Waals surface area contributed by atoms with Gasteiger partial charge in [-0.2, -0.15) is 0 Å². The van der Waals surface area contributed by atoms with Crippen LogP contribution in [0.4, 0.5) is 0 Å². The van der Waals surface area contributed by atoms with Crippen molar-refractivity contribution in [3.63, 3.8) is 0 Å². The van der Waals surface area contributed by atoms with E-state index in [0.29, 0.717) is 13.2 Å². The number of aryl methyl sites for hydroxylation is 1. The smallest absolute Gasteiger partial charge is 0.194 e. The van der Waals surface area contributed by atoms with Gasteiger partial charge in [0.25, 0.3) is 0 Å². The SMILES string of the molecule is CCOc1ccccc1-c1c(C)sc2ncc(CCN)n12. The summed E-state index contributed by atoms with van der Waals surface area (Å²) >= 11 is 1.70. The van der Waals surface area contributed by atoms with E-state index in [1.165, 1.54) is 10.6 Å². The lowest BCUT2D eigenvalue weighted by Gasteiger charge is -2.11. The van der Waals surface area contributed by atoms with E-state index in [2.05, 4.69) is 22.4 Å². The molecule has 0 aliphatic rings. The maximum absolute atomic E-state index is 5.79. The summed E-state index contributed by atoms with van der Waals surface area (Å²) in [7, 11) is 0. The van der Waals surface area contributed by atoms with Gasteiger partial charge in [0.15, 0.2) is 4.96 Å². The highest BCUT2D eigenvalue weighted by Gasteiger charge is 2.18. The number of fused-ring (bicyclic) bond motifs is 1. The van der Waals surface area contributed by atoms with Crippen LogP contribution < -0.4 is 10.5 Å². The molecule has 0 saturated carbocycles. The van der Waals surface area contributed by atoms with Gasteiger partial charge in [0, 0.05) is 22.6 Å². The minimum atomic E-state index is 0.620. The van der Waals surface area contributed by atoms with Crippen molar-refractivity contribution in [1.82, 2.24) is 9.38 Å². The molecule has 0 spiro atoms. The largest absolute Gasteiger partial charge is 0.493 e. The summed E-state index contributed by atoms with van der Waals surface area (Å²) in [4.78, 5) is 6.76. The van der Waals surface area contributed by atoms with Crippen LogP contribution in [0.5, 0.6) is 5.75 Å². The Hall–Kier alpha value is -1.85. The number of imidazole rings is 1. The van der Waals surface area contributed by atoms with Crippen LogP contribution in [-0.4, -0.2) is 22.5 Å². The first-order valence-corrected chi connectivity index (χ1v) is 7.96. The second kappa shape index (κ2) is 5.87. The Bertz CT molecular complexity index is 760. The summed E-state index contributed by atoms with van der Waals surface area (Å²) in [5.41, 5.74) is 9.15. The summed E-state index contributed by atoms with van der Waals surface area (Å²) in [5, 5.41) is 0. The summed E-state index contributed by atoms with van der Waals surface area (Å²) < 4.78 is 8.00. The van der Waals surface area contributed by atoms with Crippen LogP contribution in [0.1, 0.15) is 17.5 Å². The predicted octanol–water partition coefficient (Wildman–Crippen LogP) is 3.27. The van der Waals surface area contributed by atoms with Gasteiger partial charge in [0.1, 0.15) is 5.75 Å². The average Bonchev–Trinajstić information content (AvgIpc) is 3.00. The van der Waals surface area contributed by atoms with Gasteiger partial charge in [-0.1, -0.05) is 12.1 Å². The molecule has 2 aromatic heterocycles. The number of hydrogen-bond donors (Lipinski definition) is 1. The molecule has 2 N–H and O–H groups in total. The maximum atomic E-state index is 5.79. The first kappa shape index (κ1) is 14.1. The molecule has 0 unspecified atom stereocenters. The lowest BCUT2D eigenvalue weighted by molar-refractivity contribution is 0.341. The Balaban J connectivity index is 2.24. The van der Waals surface area contributed by atoms with Crippen molar-refractivity contribution in [3.8, 4) is 17.0 Å². The molecule has 0 aliphatic carbocycles. The molecule has 2 heterocycles. The van der Waals surface area contributed by atoms with Crippen molar-refractivity contribution in [2.24, 2.45) is 5.73 Å². The average molecular weight is 301 g/mol. The fourth-order valence-electron chi connectivity index (χ4n) is 2.60. The first-order chi connectivity index (χ1) is 10.3. The second-order valence-corrected chi connectivity index (χ2v) is 6.02. The van der Waals surface area contributed by atoms with Crippen LogP contribution in [0.3, 0.4) is 0 Å². The molecule has 3 aromatic rings. The molecular weight excluding hydrogens is 282 g/mol. The van der Waals surface area contributed by atoms with Crippen molar-refractivity contribution in [3.05, 3.63) is 41.0 Å². The number of hydrogen-bond acceptors (Lipinski definition) is 4. The number of thiazole rings is 1. The number of benzene rings is 1. The molecule has 5 heteroatoms. The van der Waals surface area contributed by atoms with Crippen molar-refractivity contribution in [1.29, 1.82) is 0 Å². The summed E-state index contributed by atoms with van der Waals surface area (Å²) in [6.45, 7) is 5.41. The second-order valence-electron chi connectivity index (χ2n) is 4.84. The number of para-hydroxylation sites is 1. The fraction of sp³-hybridized carbons (Fsp3) is 0.312. The molecule has 4 nitrogen and oxygen atoms in total. The van der Waals surface area contributed by atoms with Gasteiger partial charge in [-0.05, 0) is 32.5 Å². The molecule has 0 saturated heterocycles. The molecule has 0 atom stereocenters. The van der Waals surface area contributed by atoms with E-state index in [-0.39, 0.29) is 0 Å². The Kier molecular flexibility index (Phi) is 3.94.